The van der Waals surface area contributed by atoms with Crippen LogP contribution in [0.1, 0.15) is 0 Å². The van der Waals surface area contributed by atoms with E-state index in [-0.39, 0.29) is 5.02 Å². The summed E-state index contributed by atoms with van der Waals surface area (Å²) in [6.07, 6.45) is 0. The third-order valence-corrected chi connectivity index (χ3v) is 3.68. The van der Waals surface area contributed by atoms with Crippen molar-refractivity contribution in [3.8, 4) is 11.3 Å². The van der Waals surface area contributed by atoms with Crippen LogP contribution in [0.5, 0.6) is 0 Å². The lowest BCUT2D eigenvalue weighted by molar-refractivity contribution is 0.122. The molecule has 7 heteroatoms. The van der Waals surface area contributed by atoms with Crippen molar-refractivity contribution in [1.82, 2.24) is 9.97 Å². The molecule has 1 aliphatic heterocycles. The van der Waals surface area contributed by atoms with Gasteiger partial charge < -0.3 is 9.64 Å². The first-order chi connectivity index (χ1) is 10.1. The number of morpholine rings is 1. The van der Waals surface area contributed by atoms with E-state index < -0.39 is 5.82 Å². The Morgan fingerprint density at radius 1 is 1.10 bits per heavy atom. The third-order valence-electron chi connectivity index (χ3n) is 3.19. The van der Waals surface area contributed by atoms with Gasteiger partial charge in [-0.2, -0.15) is 0 Å². The maximum absolute atomic E-state index is 13.3. The second-order valence-electron chi connectivity index (χ2n) is 4.60. The second kappa shape index (κ2) is 6.13. The summed E-state index contributed by atoms with van der Waals surface area (Å²) in [6, 6.07) is 6.08. The van der Waals surface area contributed by atoms with Crippen LogP contribution < -0.4 is 4.90 Å². The molecule has 1 aromatic carbocycles. The number of anilines is 1. The zero-order valence-electron chi connectivity index (χ0n) is 11.0. The summed E-state index contributed by atoms with van der Waals surface area (Å²) in [5, 5.41) is 0.386. The van der Waals surface area contributed by atoms with E-state index >= 15 is 0 Å². The number of benzene rings is 1. The molecule has 110 valence electrons. The average Bonchev–Trinajstić information content (AvgIpc) is 2.50. The Hall–Kier alpha value is -1.43. The van der Waals surface area contributed by atoms with Gasteiger partial charge in [-0.15, -0.1) is 0 Å². The Labute approximate surface area is 131 Å². The first kappa shape index (κ1) is 14.5. The fraction of sp³-hybridized carbons (Fsp3) is 0.286. The predicted octanol–water partition coefficient (Wildman–Crippen LogP) is 3.43. The molecule has 4 nitrogen and oxygen atoms in total. The monoisotopic (exact) mass is 327 g/mol. The summed E-state index contributed by atoms with van der Waals surface area (Å²) in [5.41, 5.74) is 1.30. The molecule has 1 fully saturated rings. The quantitative estimate of drug-likeness (QED) is 0.792. The first-order valence-electron chi connectivity index (χ1n) is 6.46. The molecule has 21 heavy (non-hydrogen) atoms. The van der Waals surface area contributed by atoms with Crippen molar-refractivity contribution in [1.29, 1.82) is 0 Å². The van der Waals surface area contributed by atoms with E-state index in [1.54, 1.807) is 12.1 Å². The van der Waals surface area contributed by atoms with Crippen LogP contribution in [0.4, 0.5) is 10.3 Å². The van der Waals surface area contributed by atoms with Crippen LogP contribution in [-0.4, -0.2) is 36.3 Å². The zero-order valence-corrected chi connectivity index (χ0v) is 12.5. The fourth-order valence-corrected chi connectivity index (χ4v) is 2.47. The molecule has 2 aromatic rings. The molecule has 0 bridgehead atoms. The van der Waals surface area contributed by atoms with Gasteiger partial charge in [0.15, 0.2) is 0 Å². The van der Waals surface area contributed by atoms with Gasteiger partial charge in [-0.1, -0.05) is 23.2 Å². The smallest absolute Gasteiger partial charge is 0.227 e. The Kier molecular flexibility index (Phi) is 4.24. The molecule has 0 atom stereocenters. The van der Waals surface area contributed by atoms with Gasteiger partial charge in [0.2, 0.25) is 5.95 Å². The third kappa shape index (κ3) is 3.26. The minimum Gasteiger partial charge on any atom is -0.378 e. The van der Waals surface area contributed by atoms with Crippen LogP contribution in [0.3, 0.4) is 0 Å². The fourth-order valence-electron chi connectivity index (χ4n) is 2.11. The normalized spacial score (nSPS) is 15.3. The maximum Gasteiger partial charge on any atom is 0.227 e. The molecule has 0 saturated carbocycles. The van der Waals surface area contributed by atoms with Gasteiger partial charge in [-0.25, -0.2) is 14.4 Å². The minimum atomic E-state index is -0.464. The van der Waals surface area contributed by atoms with Gasteiger partial charge in [0.25, 0.3) is 0 Å². The van der Waals surface area contributed by atoms with E-state index in [1.807, 2.05) is 4.90 Å². The van der Waals surface area contributed by atoms with Crippen LogP contribution in [0.2, 0.25) is 10.2 Å². The largest absolute Gasteiger partial charge is 0.378 e. The lowest BCUT2D eigenvalue weighted by atomic mass is 10.1. The number of halogens is 3. The van der Waals surface area contributed by atoms with Gasteiger partial charge in [0, 0.05) is 24.7 Å². The van der Waals surface area contributed by atoms with E-state index in [0.717, 1.165) is 0 Å². The van der Waals surface area contributed by atoms with Gasteiger partial charge in [-0.05, 0) is 18.2 Å². The standard InChI is InChI=1S/C14H12Cl2FN3O/c15-10-7-9(1-2-11(10)17)12-8-13(16)19-14(18-12)20-3-5-21-6-4-20/h1-2,7-8H,3-6H2. The predicted molar refractivity (Wildman–Crippen MR) is 80.5 cm³/mol. The molecule has 1 aromatic heterocycles. The molecular weight excluding hydrogens is 316 g/mol. The number of nitrogens with zero attached hydrogens (tertiary/aromatic N) is 3. The van der Waals surface area contributed by atoms with Crippen LogP contribution in [-0.2, 0) is 4.74 Å². The summed E-state index contributed by atoms with van der Waals surface area (Å²) in [7, 11) is 0. The number of rotatable bonds is 2. The molecule has 2 heterocycles. The number of ether oxygens (including phenoxy) is 1. The molecule has 0 unspecified atom stereocenters. The Morgan fingerprint density at radius 3 is 2.57 bits per heavy atom. The van der Waals surface area contributed by atoms with Gasteiger partial charge in [0.05, 0.1) is 23.9 Å². The topological polar surface area (TPSA) is 38.2 Å². The van der Waals surface area contributed by atoms with Crippen LogP contribution in [0.15, 0.2) is 24.3 Å². The highest BCUT2D eigenvalue weighted by Crippen LogP contribution is 2.26. The summed E-state index contributed by atoms with van der Waals surface area (Å²) in [6.45, 7) is 2.69. The molecule has 0 amide bonds. The highest BCUT2D eigenvalue weighted by molar-refractivity contribution is 6.31. The van der Waals surface area contributed by atoms with Crippen molar-refractivity contribution in [3.05, 3.63) is 40.3 Å². The molecule has 0 radical (unpaired) electrons. The Balaban J connectivity index is 1.98. The van der Waals surface area contributed by atoms with Crippen molar-refractivity contribution in [2.75, 3.05) is 31.2 Å². The Bertz CT molecular complexity index is 663. The number of aromatic nitrogens is 2. The van der Waals surface area contributed by atoms with Crippen LogP contribution in [0.25, 0.3) is 11.3 Å². The molecule has 0 N–H and O–H groups in total. The molecular formula is C14H12Cl2FN3O. The minimum absolute atomic E-state index is 0.0511. The summed E-state index contributed by atoms with van der Waals surface area (Å²) >= 11 is 11.9. The van der Waals surface area contributed by atoms with Crippen molar-refractivity contribution in [3.63, 3.8) is 0 Å². The summed E-state index contributed by atoms with van der Waals surface area (Å²) in [4.78, 5) is 10.7. The van der Waals surface area contributed by atoms with Gasteiger partial charge >= 0.3 is 0 Å². The summed E-state index contributed by atoms with van der Waals surface area (Å²) < 4.78 is 18.6. The molecule has 0 aliphatic carbocycles. The number of hydrogen-bond acceptors (Lipinski definition) is 4. The lowest BCUT2D eigenvalue weighted by Gasteiger charge is -2.27. The van der Waals surface area contributed by atoms with Gasteiger partial charge in [-0.3, -0.25) is 0 Å². The average molecular weight is 328 g/mol. The zero-order chi connectivity index (χ0) is 14.8. The number of hydrogen-bond donors (Lipinski definition) is 0. The molecule has 1 aliphatic rings. The molecule has 3 rings (SSSR count). The van der Waals surface area contributed by atoms with E-state index in [9.17, 15) is 4.39 Å². The van der Waals surface area contributed by atoms with Crippen molar-refractivity contribution < 1.29 is 9.13 Å². The highest BCUT2D eigenvalue weighted by Gasteiger charge is 2.16. The van der Waals surface area contributed by atoms with Gasteiger partial charge in [0.1, 0.15) is 11.0 Å². The van der Waals surface area contributed by atoms with Crippen LogP contribution >= 0.6 is 23.2 Å². The van der Waals surface area contributed by atoms with E-state index in [1.165, 1.54) is 12.1 Å². The van der Waals surface area contributed by atoms with Crippen molar-refractivity contribution in [2.24, 2.45) is 0 Å². The van der Waals surface area contributed by atoms with E-state index in [0.29, 0.717) is 48.7 Å². The second-order valence-corrected chi connectivity index (χ2v) is 5.40. The van der Waals surface area contributed by atoms with E-state index in [4.69, 9.17) is 27.9 Å². The SMILES string of the molecule is Fc1ccc(-c2cc(Cl)nc(N3CCOCC3)n2)cc1Cl. The Morgan fingerprint density at radius 2 is 1.86 bits per heavy atom. The van der Waals surface area contributed by atoms with Crippen molar-refractivity contribution in [2.45, 2.75) is 0 Å². The van der Waals surface area contributed by atoms with Crippen molar-refractivity contribution >= 4 is 29.2 Å². The molecule has 0 spiro atoms. The lowest BCUT2D eigenvalue weighted by Crippen LogP contribution is -2.37. The first-order valence-corrected chi connectivity index (χ1v) is 7.22. The van der Waals surface area contributed by atoms with E-state index in [2.05, 4.69) is 9.97 Å². The summed E-state index contributed by atoms with van der Waals surface area (Å²) in [5.74, 6) is 0.0789. The molecule has 1 saturated heterocycles. The maximum atomic E-state index is 13.3. The highest BCUT2D eigenvalue weighted by atomic mass is 35.5. The van der Waals surface area contributed by atoms with Crippen LogP contribution in [0, 0.1) is 5.82 Å².